The summed E-state index contributed by atoms with van der Waals surface area (Å²) in [6.45, 7) is 1.80. The fourth-order valence-corrected chi connectivity index (χ4v) is 1.70. The highest BCUT2D eigenvalue weighted by Gasteiger charge is 2.25. The number of hydrogen-bond donors (Lipinski definition) is 1. The van der Waals surface area contributed by atoms with Crippen LogP contribution < -0.4 is 4.90 Å². The number of hydrogen-bond acceptors (Lipinski definition) is 4. The minimum atomic E-state index is -1.26. The summed E-state index contributed by atoms with van der Waals surface area (Å²) in [6, 6.07) is 1.65. The van der Waals surface area contributed by atoms with Gasteiger partial charge in [-0.15, -0.1) is 0 Å². The van der Waals surface area contributed by atoms with Crippen LogP contribution in [0, 0.1) is 21.7 Å². The van der Waals surface area contributed by atoms with Crippen LogP contribution in [0.3, 0.4) is 0 Å². The van der Waals surface area contributed by atoms with Crippen molar-refractivity contribution in [3.63, 3.8) is 0 Å². The first-order chi connectivity index (χ1) is 8.52. The third-order valence-electron chi connectivity index (χ3n) is 2.42. The Balaban J connectivity index is 3.32. The van der Waals surface area contributed by atoms with E-state index in [0.717, 1.165) is 12.1 Å². The van der Waals surface area contributed by atoms with Crippen molar-refractivity contribution in [1.29, 1.82) is 0 Å². The first-order valence-corrected chi connectivity index (χ1v) is 5.51. The van der Waals surface area contributed by atoms with Crippen LogP contribution in [0.2, 0.25) is 0 Å². The zero-order chi connectivity index (χ0) is 13.7. The second-order valence-electron chi connectivity index (χ2n) is 3.70. The number of rotatable bonds is 6. The van der Waals surface area contributed by atoms with Crippen LogP contribution in [-0.4, -0.2) is 29.7 Å². The van der Waals surface area contributed by atoms with Gasteiger partial charge in [0.25, 0.3) is 5.69 Å². The molecule has 0 heterocycles. The highest BCUT2D eigenvalue weighted by Crippen LogP contribution is 2.32. The lowest BCUT2D eigenvalue weighted by molar-refractivity contribution is -0.384. The summed E-state index contributed by atoms with van der Waals surface area (Å²) in [5, 5.41) is 19.7. The quantitative estimate of drug-likeness (QED) is 0.628. The summed E-state index contributed by atoms with van der Waals surface area (Å²) < 4.78 is 26.9. The van der Waals surface area contributed by atoms with Gasteiger partial charge in [0, 0.05) is 19.2 Å². The third kappa shape index (κ3) is 2.92. The number of nitro benzene ring substituents is 1. The highest BCUT2D eigenvalue weighted by molar-refractivity contribution is 5.64. The number of aliphatic hydroxyl groups is 1. The van der Waals surface area contributed by atoms with E-state index in [0.29, 0.717) is 13.0 Å². The molecule has 0 aliphatic rings. The maximum absolute atomic E-state index is 13.7. The fraction of sp³-hybridized carbons (Fsp3) is 0.455. The number of benzene rings is 1. The third-order valence-corrected chi connectivity index (χ3v) is 2.42. The predicted molar refractivity (Wildman–Crippen MR) is 62.6 cm³/mol. The lowest BCUT2D eigenvalue weighted by atomic mass is 10.2. The maximum atomic E-state index is 13.7. The van der Waals surface area contributed by atoms with E-state index >= 15 is 0 Å². The van der Waals surface area contributed by atoms with Gasteiger partial charge in [0.2, 0.25) is 0 Å². The van der Waals surface area contributed by atoms with Gasteiger partial charge < -0.3 is 10.0 Å². The molecular weight excluding hydrogens is 246 g/mol. The van der Waals surface area contributed by atoms with Gasteiger partial charge in [-0.2, -0.15) is 0 Å². The van der Waals surface area contributed by atoms with E-state index in [4.69, 9.17) is 5.11 Å². The molecule has 0 unspecified atom stereocenters. The average molecular weight is 260 g/mol. The second kappa shape index (κ2) is 6.25. The molecule has 0 aliphatic heterocycles. The monoisotopic (exact) mass is 260 g/mol. The lowest BCUT2D eigenvalue weighted by Gasteiger charge is -2.23. The van der Waals surface area contributed by atoms with Crippen molar-refractivity contribution in [3.8, 4) is 0 Å². The molecule has 0 spiro atoms. The van der Waals surface area contributed by atoms with Crippen molar-refractivity contribution in [3.05, 3.63) is 33.9 Å². The van der Waals surface area contributed by atoms with Gasteiger partial charge in [-0.25, -0.2) is 8.78 Å². The molecule has 100 valence electrons. The fourth-order valence-electron chi connectivity index (χ4n) is 1.70. The van der Waals surface area contributed by atoms with Gasteiger partial charge in [0.1, 0.15) is 0 Å². The molecule has 5 nitrogen and oxygen atoms in total. The minimum Gasteiger partial charge on any atom is -0.395 e. The summed E-state index contributed by atoms with van der Waals surface area (Å²) in [7, 11) is 0. The standard InChI is InChI=1S/C11H14F2N2O3/c1-2-5-14(6-7-16)11-9(15(17)18)4-3-8(12)10(11)13/h3-4,16H,2,5-7H2,1H3. The smallest absolute Gasteiger partial charge is 0.295 e. The van der Waals surface area contributed by atoms with Gasteiger partial charge in [-0.1, -0.05) is 6.92 Å². The van der Waals surface area contributed by atoms with Crippen molar-refractivity contribution in [2.45, 2.75) is 13.3 Å². The van der Waals surface area contributed by atoms with Crippen molar-refractivity contribution >= 4 is 11.4 Å². The summed E-state index contributed by atoms with van der Waals surface area (Å²) in [5.41, 5.74) is -0.910. The average Bonchev–Trinajstić information content (AvgIpc) is 2.32. The number of nitro groups is 1. The summed E-state index contributed by atoms with van der Waals surface area (Å²) in [6.07, 6.45) is 0.590. The van der Waals surface area contributed by atoms with Gasteiger partial charge >= 0.3 is 0 Å². The topological polar surface area (TPSA) is 66.6 Å². The summed E-state index contributed by atoms with van der Waals surface area (Å²) in [5.74, 6) is -2.40. The van der Waals surface area contributed by atoms with Crippen LogP contribution in [0.4, 0.5) is 20.2 Å². The second-order valence-corrected chi connectivity index (χ2v) is 3.70. The first-order valence-electron chi connectivity index (χ1n) is 5.51. The van der Waals surface area contributed by atoms with Crippen molar-refractivity contribution in [2.24, 2.45) is 0 Å². The van der Waals surface area contributed by atoms with Crippen molar-refractivity contribution < 1.29 is 18.8 Å². The Hall–Kier alpha value is -1.76. The lowest BCUT2D eigenvalue weighted by Crippen LogP contribution is -2.29. The molecule has 0 aromatic heterocycles. The van der Waals surface area contributed by atoms with E-state index in [1.165, 1.54) is 4.90 Å². The Morgan fingerprint density at radius 1 is 1.39 bits per heavy atom. The summed E-state index contributed by atoms with van der Waals surface area (Å²) in [4.78, 5) is 11.3. The minimum absolute atomic E-state index is 0.00898. The molecule has 7 heteroatoms. The molecule has 0 aliphatic carbocycles. The van der Waals surface area contributed by atoms with Crippen LogP contribution >= 0.6 is 0 Å². The molecule has 0 amide bonds. The Morgan fingerprint density at radius 3 is 2.56 bits per heavy atom. The Bertz CT molecular complexity index is 435. The predicted octanol–water partition coefficient (Wildman–Crippen LogP) is 2.08. The number of aliphatic hydroxyl groups excluding tert-OH is 1. The molecule has 1 aromatic carbocycles. The molecule has 1 N–H and O–H groups in total. The largest absolute Gasteiger partial charge is 0.395 e. The molecule has 18 heavy (non-hydrogen) atoms. The van der Waals surface area contributed by atoms with Gasteiger partial charge in [-0.3, -0.25) is 10.1 Å². The van der Waals surface area contributed by atoms with Crippen LogP contribution in [-0.2, 0) is 0 Å². The molecule has 1 rings (SSSR count). The first kappa shape index (κ1) is 14.3. The van der Waals surface area contributed by atoms with Crippen molar-refractivity contribution in [1.82, 2.24) is 0 Å². The molecular formula is C11H14F2N2O3. The van der Waals surface area contributed by atoms with E-state index in [9.17, 15) is 18.9 Å². The Morgan fingerprint density at radius 2 is 2.06 bits per heavy atom. The van der Waals surface area contributed by atoms with Gasteiger partial charge in [0.05, 0.1) is 11.5 Å². The van der Waals surface area contributed by atoms with E-state index < -0.39 is 27.9 Å². The van der Waals surface area contributed by atoms with E-state index in [1.54, 1.807) is 6.92 Å². The summed E-state index contributed by atoms with van der Waals surface area (Å²) >= 11 is 0. The zero-order valence-corrected chi connectivity index (χ0v) is 9.90. The van der Waals surface area contributed by atoms with Crippen LogP contribution in [0.15, 0.2) is 12.1 Å². The molecule has 0 saturated carbocycles. The Labute approximate surface area is 103 Å². The molecule has 1 aromatic rings. The molecule has 0 saturated heterocycles. The SMILES string of the molecule is CCCN(CCO)c1c([N+](=O)[O-])ccc(F)c1F. The molecule has 0 bridgehead atoms. The van der Waals surface area contributed by atoms with Crippen LogP contribution in [0.1, 0.15) is 13.3 Å². The maximum Gasteiger partial charge on any atom is 0.295 e. The van der Waals surface area contributed by atoms with Gasteiger partial charge in [0.15, 0.2) is 17.3 Å². The van der Waals surface area contributed by atoms with E-state index in [1.807, 2.05) is 0 Å². The van der Waals surface area contributed by atoms with E-state index in [-0.39, 0.29) is 13.2 Å². The normalized spacial score (nSPS) is 10.4. The molecule has 0 fully saturated rings. The number of halogens is 2. The van der Waals surface area contributed by atoms with Crippen LogP contribution in [0.25, 0.3) is 0 Å². The molecule has 0 atom stereocenters. The molecule has 0 radical (unpaired) electrons. The Kier molecular flexibility index (Phi) is 4.96. The zero-order valence-electron chi connectivity index (χ0n) is 9.90. The highest BCUT2D eigenvalue weighted by atomic mass is 19.2. The van der Waals surface area contributed by atoms with Crippen molar-refractivity contribution in [2.75, 3.05) is 24.6 Å². The number of nitrogens with zero attached hydrogens (tertiary/aromatic N) is 2. The number of anilines is 1. The van der Waals surface area contributed by atoms with Crippen LogP contribution in [0.5, 0.6) is 0 Å². The van der Waals surface area contributed by atoms with E-state index in [2.05, 4.69) is 0 Å². The van der Waals surface area contributed by atoms with Gasteiger partial charge in [-0.05, 0) is 12.5 Å².